The monoisotopic (exact) mass is 489 g/mol. The number of hydrogen-bond donors (Lipinski definition) is 0. The zero-order valence-electron chi connectivity index (χ0n) is 16.0. The van der Waals surface area contributed by atoms with Gasteiger partial charge in [0.1, 0.15) is 12.4 Å². The molecule has 0 heterocycles. The maximum Gasteiger partial charge on any atom is 0.174 e. The van der Waals surface area contributed by atoms with E-state index in [1.165, 1.54) is 23.3 Å². The number of ether oxygens (including phenoxy) is 2. The summed E-state index contributed by atoms with van der Waals surface area (Å²) < 4.78 is 25.6. The Morgan fingerprint density at radius 3 is 2.57 bits per heavy atom. The van der Waals surface area contributed by atoms with Gasteiger partial charge in [0.05, 0.1) is 16.4 Å². The minimum atomic E-state index is -0.277. The first-order chi connectivity index (χ1) is 13.5. The highest BCUT2D eigenvalue weighted by Gasteiger charge is 2.12. The number of hydrogen-bond acceptors (Lipinski definition) is 3. The van der Waals surface area contributed by atoms with Crippen molar-refractivity contribution in [3.05, 3.63) is 86.2 Å². The average Bonchev–Trinajstić information content (AvgIpc) is 2.67. The summed E-state index contributed by atoms with van der Waals surface area (Å²) in [5.41, 5.74) is 5.04. The third kappa shape index (κ3) is 5.10. The Hall–Kier alpha value is -2.41. The van der Waals surface area contributed by atoms with E-state index in [2.05, 4.69) is 53.6 Å². The van der Waals surface area contributed by atoms with Gasteiger partial charge in [-0.3, -0.25) is 4.99 Å². The summed E-state index contributed by atoms with van der Waals surface area (Å²) >= 11 is 2.21. The van der Waals surface area contributed by atoms with Gasteiger partial charge in [-0.15, -0.1) is 0 Å². The molecule has 0 N–H and O–H groups in total. The zero-order valence-corrected chi connectivity index (χ0v) is 18.2. The van der Waals surface area contributed by atoms with E-state index in [-0.39, 0.29) is 12.4 Å². The summed E-state index contributed by atoms with van der Waals surface area (Å²) in [6.07, 6.45) is 1.81. The van der Waals surface area contributed by atoms with Crippen LogP contribution in [0.3, 0.4) is 0 Å². The minimum Gasteiger partial charge on any atom is -0.493 e. The van der Waals surface area contributed by atoms with Crippen LogP contribution < -0.4 is 9.47 Å². The van der Waals surface area contributed by atoms with Gasteiger partial charge in [0.25, 0.3) is 0 Å². The van der Waals surface area contributed by atoms with Crippen LogP contribution in [0.5, 0.6) is 11.5 Å². The highest BCUT2D eigenvalue weighted by atomic mass is 127. The van der Waals surface area contributed by atoms with Crippen molar-refractivity contribution in [3.63, 3.8) is 0 Å². The minimum absolute atomic E-state index is 0.264. The molecule has 5 heteroatoms. The van der Waals surface area contributed by atoms with E-state index in [9.17, 15) is 4.39 Å². The third-order valence-electron chi connectivity index (χ3n) is 4.38. The Morgan fingerprint density at radius 2 is 1.86 bits per heavy atom. The number of methoxy groups -OCH3 is 1. The molecule has 0 aliphatic rings. The van der Waals surface area contributed by atoms with E-state index in [1.54, 1.807) is 13.2 Å². The second-order valence-electron chi connectivity index (χ2n) is 6.48. The van der Waals surface area contributed by atoms with Crippen LogP contribution in [-0.4, -0.2) is 13.3 Å². The second-order valence-corrected chi connectivity index (χ2v) is 7.64. The topological polar surface area (TPSA) is 30.8 Å². The molecule has 0 aliphatic heterocycles. The largest absolute Gasteiger partial charge is 0.493 e. The molecule has 28 heavy (non-hydrogen) atoms. The second kappa shape index (κ2) is 9.19. The maximum absolute atomic E-state index is 13.3. The van der Waals surface area contributed by atoms with E-state index < -0.39 is 0 Å². The Balaban J connectivity index is 1.80. The van der Waals surface area contributed by atoms with Crippen molar-refractivity contribution in [2.45, 2.75) is 20.5 Å². The first kappa shape index (κ1) is 20.3. The lowest BCUT2D eigenvalue weighted by Gasteiger charge is -2.13. The van der Waals surface area contributed by atoms with E-state index >= 15 is 0 Å². The van der Waals surface area contributed by atoms with Gasteiger partial charge in [0.2, 0.25) is 0 Å². The van der Waals surface area contributed by atoms with Crippen molar-refractivity contribution in [2.24, 2.45) is 4.99 Å². The Labute approximate surface area is 178 Å². The molecule has 0 amide bonds. The predicted molar refractivity (Wildman–Crippen MR) is 120 cm³/mol. The molecule has 144 valence electrons. The Kier molecular flexibility index (Phi) is 6.67. The van der Waals surface area contributed by atoms with Crippen LogP contribution in [0, 0.1) is 23.2 Å². The normalized spacial score (nSPS) is 11.0. The molecule has 0 spiro atoms. The van der Waals surface area contributed by atoms with Gasteiger partial charge in [0, 0.05) is 6.21 Å². The van der Waals surface area contributed by atoms with Crippen molar-refractivity contribution in [1.82, 2.24) is 0 Å². The Morgan fingerprint density at radius 1 is 1.04 bits per heavy atom. The fraction of sp³-hybridized carbons (Fsp3) is 0.174. The Bertz CT molecular complexity index is 1020. The standard InChI is InChI=1S/C23H21FINO2/c1-15-7-8-20(9-16(15)2)26-13-18-11-21(25)23(22(12-18)27-3)28-14-17-5-4-6-19(24)10-17/h4-13H,14H2,1-3H3. The number of aryl methyl sites for hydroxylation is 2. The molecule has 3 aromatic rings. The summed E-state index contributed by atoms with van der Waals surface area (Å²) in [6, 6.07) is 16.4. The van der Waals surface area contributed by atoms with Crippen molar-refractivity contribution in [2.75, 3.05) is 7.11 Å². The number of aliphatic imine (C=N–C) groups is 1. The van der Waals surface area contributed by atoms with Crippen LogP contribution in [0.1, 0.15) is 22.3 Å². The van der Waals surface area contributed by atoms with Crippen molar-refractivity contribution >= 4 is 34.5 Å². The first-order valence-electron chi connectivity index (χ1n) is 8.82. The SMILES string of the molecule is COc1cc(C=Nc2ccc(C)c(C)c2)cc(I)c1OCc1cccc(F)c1. The number of benzene rings is 3. The molecule has 0 saturated heterocycles. The first-order valence-corrected chi connectivity index (χ1v) is 9.90. The molecule has 0 aromatic heterocycles. The summed E-state index contributed by atoms with van der Waals surface area (Å²) in [5.74, 6) is 0.973. The zero-order chi connectivity index (χ0) is 20.1. The highest BCUT2D eigenvalue weighted by Crippen LogP contribution is 2.34. The van der Waals surface area contributed by atoms with Crippen LogP contribution in [0.25, 0.3) is 0 Å². The molecule has 0 radical (unpaired) electrons. The van der Waals surface area contributed by atoms with Crippen molar-refractivity contribution < 1.29 is 13.9 Å². The molecule has 0 aliphatic carbocycles. The predicted octanol–water partition coefficient (Wildman–Crippen LogP) is 6.39. The summed E-state index contributed by atoms with van der Waals surface area (Å²) in [5, 5.41) is 0. The third-order valence-corrected chi connectivity index (χ3v) is 5.18. The molecule has 3 nitrogen and oxygen atoms in total. The lowest BCUT2D eigenvalue weighted by molar-refractivity contribution is 0.282. The van der Waals surface area contributed by atoms with Gasteiger partial charge in [-0.25, -0.2) is 4.39 Å². The van der Waals surface area contributed by atoms with Crippen LogP contribution >= 0.6 is 22.6 Å². The molecule has 0 bridgehead atoms. The van der Waals surface area contributed by atoms with E-state index in [0.717, 1.165) is 20.4 Å². The van der Waals surface area contributed by atoms with Crippen LogP contribution in [-0.2, 0) is 6.61 Å². The van der Waals surface area contributed by atoms with Crippen LogP contribution in [0.4, 0.5) is 10.1 Å². The van der Waals surface area contributed by atoms with Gasteiger partial charge < -0.3 is 9.47 Å². The van der Waals surface area contributed by atoms with E-state index in [0.29, 0.717) is 11.5 Å². The molecular formula is C23H21FINO2. The fourth-order valence-electron chi connectivity index (χ4n) is 2.69. The summed E-state index contributed by atoms with van der Waals surface area (Å²) in [7, 11) is 1.60. The lowest BCUT2D eigenvalue weighted by atomic mass is 10.1. The molecule has 0 fully saturated rings. The van der Waals surface area contributed by atoms with E-state index in [1.807, 2.05) is 30.5 Å². The number of nitrogens with zero attached hydrogens (tertiary/aromatic N) is 1. The molecular weight excluding hydrogens is 468 g/mol. The smallest absolute Gasteiger partial charge is 0.174 e. The van der Waals surface area contributed by atoms with Crippen molar-refractivity contribution in [1.29, 1.82) is 0 Å². The quantitative estimate of drug-likeness (QED) is 0.297. The number of rotatable bonds is 6. The highest BCUT2D eigenvalue weighted by molar-refractivity contribution is 14.1. The van der Waals surface area contributed by atoms with Gasteiger partial charge in [-0.1, -0.05) is 18.2 Å². The van der Waals surface area contributed by atoms with E-state index in [4.69, 9.17) is 9.47 Å². The van der Waals surface area contributed by atoms with Gasteiger partial charge >= 0.3 is 0 Å². The molecule has 0 saturated carbocycles. The lowest BCUT2D eigenvalue weighted by Crippen LogP contribution is -2.01. The van der Waals surface area contributed by atoms with Crippen LogP contribution in [0.2, 0.25) is 0 Å². The van der Waals surface area contributed by atoms with Gasteiger partial charge in [0.15, 0.2) is 11.5 Å². The maximum atomic E-state index is 13.3. The number of halogens is 2. The molecule has 0 unspecified atom stereocenters. The van der Waals surface area contributed by atoms with Crippen molar-refractivity contribution in [3.8, 4) is 11.5 Å². The van der Waals surface area contributed by atoms with Gasteiger partial charge in [-0.2, -0.15) is 0 Å². The average molecular weight is 489 g/mol. The molecule has 3 rings (SSSR count). The molecule has 3 aromatic carbocycles. The summed E-state index contributed by atoms with van der Waals surface area (Å²) in [4.78, 5) is 4.56. The molecule has 0 atom stereocenters. The van der Waals surface area contributed by atoms with Crippen LogP contribution in [0.15, 0.2) is 59.6 Å². The van der Waals surface area contributed by atoms with Gasteiger partial charge in [-0.05, 0) is 95.1 Å². The summed E-state index contributed by atoms with van der Waals surface area (Å²) in [6.45, 7) is 4.42. The fourth-order valence-corrected chi connectivity index (χ4v) is 3.47.